The lowest BCUT2D eigenvalue weighted by atomic mass is 9.91. The SMILES string of the molecule is O=C1c2ccccc2CCN1C1CCCCC1. The van der Waals surface area contributed by atoms with Crippen LogP contribution in [0.1, 0.15) is 48.0 Å². The molecule has 2 heteroatoms. The highest BCUT2D eigenvalue weighted by Crippen LogP contribution is 2.27. The Morgan fingerprint density at radius 2 is 1.82 bits per heavy atom. The molecule has 0 bridgehead atoms. The van der Waals surface area contributed by atoms with Gasteiger partial charge in [0, 0.05) is 18.2 Å². The van der Waals surface area contributed by atoms with Gasteiger partial charge < -0.3 is 4.90 Å². The minimum absolute atomic E-state index is 0.263. The number of carbonyl (C=O) groups is 1. The highest BCUT2D eigenvalue weighted by Gasteiger charge is 2.30. The fraction of sp³-hybridized carbons (Fsp3) is 0.533. The van der Waals surface area contributed by atoms with Crippen LogP contribution in [0.15, 0.2) is 24.3 Å². The number of amides is 1. The fourth-order valence-corrected chi connectivity index (χ4v) is 3.19. The van der Waals surface area contributed by atoms with Crippen molar-refractivity contribution in [3.8, 4) is 0 Å². The molecule has 1 aromatic rings. The van der Waals surface area contributed by atoms with Gasteiger partial charge in [0.1, 0.15) is 0 Å². The Labute approximate surface area is 103 Å². The third-order valence-corrected chi connectivity index (χ3v) is 4.15. The first-order valence-corrected chi connectivity index (χ1v) is 6.75. The van der Waals surface area contributed by atoms with Crippen LogP contribution in [0.4, 0.5) is 0 Å². The molecule has 1 saturated carbocycles. The molecule has 0 N–H and O–H groups in total. The zero-order chi connectivity index (χ0) is 11.7. The summed E-state index contributed by atoms with van der Waals surface area (Å²) in [6.45, 7) is 0.917. The lowest BCUT2D eigenvalue weighted by Crippen LogP contribution is -2.45. The van der Waals surface area contributed by atoms with Crippen molar-refractivity contribution in [1.82, 2.24) is 4.90 Å². The second-order valence-corrected chi connectivity index (χ2v) is 5.20. The molecule has 1 fully saturated rings. The van der Waals surface area contributed by atoms with Gasteiger partial charge in [-0.1, -0.05) is 37.5 Å². The topological polar surface area (TPSA) is 20.3 Å². The summed E-state index contributed by atoms with van der Waals surface area (Å²) >= 11 is 0. The van der Waals surface area contributed by atoms with Crippen molar-refractivity contribution in [2.75, 3.05) is 6.54 Å². The van der Waals surface area contributed by atoms with Crippen LogP contribution in [0.2, 0.25) is 0 Å². The molecule has 1 heterocycles. The van der Waals surface area contributed by atoms with Crippen LogP contribution in [0.25, 0.3) is 0 Å². The molecule has 0 spiro atoms. The van der Waals surface area contributed by atoms with Gasteiger partial charge in [0.25, 0.3) is 5.91 Å². The summed E-state index contributed by atoms with van der Waals surface area (Å²) in [5, 5.41) is 0. The van der Waals surface area contributed by atoms with Crippen LogP contribution in [-0.4, -0.2) is 23.4 Å². The van der Waals surface area contributed by atoms with Crippen molar-refractivity contribution in [3.05, 3.63) is 35.4 Å². The normalized spacial score (nSPS) is 21.4. The minimum atomic E-state index is 0.263. The molecule has 1 amide bonds. The van der Waals surface area contributed by atoms with Crippen LogP contribution in [0.3, 0.4) is 0 Å². The monoisotopic (exact) mass is 229 g/mol. The molecule has 2 nitrogen and oxygen atoms in total. The first-order valence-electron chi connectivity index (χ1n) is 6.75. The van der Waals surface area contributed by atoms with Gasteiger partial charge >= 0.3 is 0 Å². The van der Waals surface area contributed by atoms with Crippen LogP contribution < -0.4 is 0 Å². The molecule has 1 aliphatic heterocycles. The molecule has 0 atom stereocenters. The van der Waals surface area contributed by atoms with E-state index in [4.69, 9.17) is 0 Å². The van der Waals surface area contributed by atoms with E-state index >= 15 is 0 Å². The van der Waals surface area contributed by atoms with Gasteiger partial charge in [-0.2, -0.15) is 0 Å². The van der Waals surface area contributed by atoms with Gasteiger partial charge in [0.15, 0.2) is 0 Å². The zero-order valence-electron chi connectivity index (χ0n) is 10.2. The first kappa shape index (κ1) is 10.8. The molecule has 90 valence electrons. The van der Waals surface area contributed by atoms with E-state index in [2.05, 4.69) is 11.0 Å². The van der Waals surface area contributed by atoms with Crippen molar-refractivity contribution in [2.24, 2.45) is 0 Å². The Bertz CT molecular complexity index is 421. The number of fused-ring (bicyclic) bond motifs is 1. The average Bonchev–Trinajstić information content (AvgIpc) is 2.40. The van der Waals surface area contributed by atoms with Gasteiger partial charge in [-0.15, -0.1) is 0 Å². The summed E-state index contributed by atoms with van der Waals surface area (Å²) in [5.74, 6) is 0.263. The third kappa shape index (κ3) is 1.97. The first-order chi connectivity index (χ1) is 8.36. The van der Waals surface area contributed by atoms with E-state index in [-0.39, 0.29) is 5.91 Å². The second-order valence-electron chi connectivity index (χ2n) is 5.20. The van der Waals surface area contributed by atoms with Gasteiger partial charge in [-0.25, -0.2) is 0 Å². The van der Waals surface area contributed by atoms with Crippen molar-refractivity contribution in [3.63, 3.8) is 0 Å². The van der Waals surface area contributed by atoms with E-state index < -0.39 is 0 Å². The molecule has 2 aliphatic rings. The quantitative estimate of drug-likeness (QED) is 0.725. The fourth-order valence-electron chi connectivity index (χ4n) is 3.19. The maximum atomic E-state index is 12.4. The van der Waals surface area contributed by atoms with Crippen molar-refractivity contribution >= 4 is 5.91 Å². The molecule has 1 aliphatic carbocycles. The standard InChI is InChI=1S/C15H19NO/c17-15-14-9-5-4-6-12(14)10-11-16(15)13-7-2-1-3-8-13/h4-6,9,13H,1-3,7-8,10-11H2. The highest BCUT2D eigenvalue weighted by molar-refractivity contribution is 5.96. The van der Waals surface area contributed by atoms with E-state index in [0.29, 0.717) is 6.04 Å². The summed E-state index contributed by atoms with van der Waals surface area (Å²) < 4.78 is 0. The maximum Gasteiger partial charge on any atom is 0.254 e. The van der Waals surface area contributed by atoms with Crippen LogP contribution >= 0.6 is 0 Å². The van der Waals surface area contributed by atoms with Crippen LogP contribution in [-0.2, 0) is 6.42 Å². The Hall–Kier alpha value is -1.31. The van der Waals surface area contributed by atoms with E-state index in [9.17, 15) is 4.79 Å². The number of nitrogens with zero attached hydrogens (tertiary/aromatic N) is 1. The lowest BCUT2D eigenvalue weighted by Gasteiger charge is -2.37. The minimum Gasteiger partial charge on any atom is -0.335 e. The summed E-state index contributed by atoms with van der Waals surface area (Å²) in [5.41, 5.74) is 2.16. The second kappa shape index (κ2) is 4.52. The molecular weight excluding hydrogens is 210 g/mol. The van der Waals surface area contributed by atoms with Crippen molar-refractivity contribution < 1.29 is 4.79 Å². The predicted octanol–water partition coefficient (Wildman–Crippen LogP) is 3.02. The largest absolute Gasteiger partial charge is 0.335 e. The van der Waals surface area contributed by atoms with E-state index in [1.54, 1.807) is 0 Å². The number of hydrogen-bond acceptors (Lipinski definition) is 1. The van der Waals surface area contributed by atoms with Gasteiger partial charge in [0.05, 0.1) is 0 Å². The third-order valence-electron chi connectivity index (χ3n) is 4.15. The molecule has 0 saturated heterocycles. The Balaban J connectivity index is 1.83. The molecule has 0 radical (unpaired) electrons. The smallest absolute Gasteiger partial charge is 0.254 e. The Morgan fingerprint density at radius 3 is 2.65 bits per heavy atom. The molecule has 3 rings (SSSR count). The zero-order valence-corrected chi connectivity index (χ0v) is 10.2. The Morgan fingerprint density at radius 1 is 1.06 bits per heavy atom. The Kier molecular flexibility index (Phi) is 2.87. The van der Waals surface area contributed by atoms with E-state index in [0.717, 1.165) is 18.5 Å². The van der Waals surface area contributed by atoms with E-state index in [1.165, 1.54) is 37.7 Å². The maximum absolute atomic E-state index is 12.4. The molecule has 0 aromatic heterocycles. The summed E-state index contributed by atoms with van der Waals surface area (Å²) in [6.07, 6.45) is 7.35. The van der Waals surface area contributed by atoms with Crippen LogP contribution in [0.5, 0.6) is 0 Å². The predicted molar refractivity (Wildman–Crippen MR) is 68.1 cm³/mol. The molecule has 0 unspecified atom stereocenters. The number of carbonyl (C=O) groups excluding carboxylic acids is 1. The molecule has 1 aromatic carbocycles. The van der Waals surface area contributed by atoms with E-state index in [1.807, 2.05) is 18.2 Å². The summed E-state index contributed by atoms with van der Waals surface area (Å²) in [6, 6.07) is 8.58. The molecule has 17 heavy (non-hydrogen) atoms. The summed E-state index contributed by atoms with van der Waals surface area (Å²) in [7, 11) is 0. The van der Waals surface area contributed by atoms with Crippen LogP contribution in [0, 0.1) is 0 Å². The average molecular weight is 229 g/mol. The van der Waals surface area contributed by atoms with Gasteiger partial charge in [-0.3, -0.25) is 4.79 Å². The van der Waals surface area contributed by atoms with Crippen molar-refractivity contribution in [2.45, 2.75) is 44.6 Å². The van der Waals surface area contributed by atoms with Gasteiger partial charge in [0.2, 0.25) is 0 Å². The highest BCUT2D eigenvalue weighted by atomic mass is 16.2. The lowest BCUT2D eigenvalue weighted by molar-refractivity contribution is 0.0615. The molecular formula is C15H19NO. The number of benzene rings is 1. The summed E-state index contributed by atoms with van der Waals surface area (Å²) in [4.78, 5) is 14.6. The number of hydrogen-bond donors (Lipinski definition) is 0. The van der Waals surface area contributed by atoms with Gasteiger partial charge in [-0.05, 0) is 30.9 Å². The number of rotatable bonds is 1. The van der Waals surface area contributed by atoms with Crippen molar-refractivity contribution in [1.29, 1.82) is 0 Å².